The van der Waals surface area contributed by atoms with Crippen LogP contribution < -0.4 is 0 Å². The van der Waals surface area contributed by atoms with Crippen molar-refractivity contribution in [2.24, 2.45) is 0 Å². The summed E-state index contributed by atoms with van der Waals surface area (Å²) in [5.74, 6) is -12.8. The molecule has 2 rings (SSSR count). The van der Waals surface area contributed by atoms with Crippen LogP contribution in [0.5, 0.6) is 0 Å². The molecule has 0 aromatic heterocycles. The van der Waals surface area contributed by atoms with E-state index in [1.54, 1.807) is 0 Å². The van der Waals surface area contributed by atoms with E-state index in [0.717, 1.165) is 13.8 Å². The molecule has 0 atom stereocenters. The number of esters is 2. The van der Waals surface area contributed by atoms with Crippen molar-refractivity contribution >= 4 is 11.9 Å². The van der Waals surface area contributed by atoms with Gasteiger partial charge >= 0.3 is 11.9 Å². The van der Waals surface area contributed by atoms with E-state index in [1.165, 1.54) is 0 Å². The molecule has 0 unspecified atom stereocenters. The largest absolute Gasteiger partial charge is 0.386 e. The lowest BCUT2D eigenvalue weighted by Crippen LogP contribution is -2.19. The number of ether oxygens (including phenoxy) is 1. The summed E-state index contributed by atoms with van der Waals surface area (Å²) in [5, 5.41) is 0. The van der Waals surface area contributed by atoms with E-state index in [0.29, 0.717) is 0 Å². The molecule has 0 aliphatic heterocycles. The first kappa shape index (κ1) is 18.5. The van der Waals surface area contributed by atoms with Crippen molar-refractivity contribution in [3.8, 4) is 0 Å². The maximum absolute atomic E-state index is 13.7. The van der Waals surface area contributed by atoms with Crippen molar-refractivity contribution in [3.63, 3.8) is 0 Å². The first-order chi connectivity index (χ1) is 11.6. The minimum absolute atomic E-state index is 0.0623. The Morgan fingerprint density at radius 3 is 1.32 bits per heavy atom. The van der Waals surface area contributed by atoms with Gasteiger partial charge < -0.3 is 4.74 Å². The molecule has 0 spiro atoms. The van der Waals surface area contributed by atoms with Gasteiger partial charge in [-0.05, 0) is 13.8 Å². The lowest BCUT2D eigenvalue weighted by molar-refractivity contribution is 0.0389. The number of carbonyl (C=O) groups is 2. The lowest BCUT2D eigenvalue weighted by Gasteiger charge is -2.10. The summed E-state index contributed by atoms with van der Waals surface area (Å²) in [6, 6.07) is 0.125. The van der Waals surface area contributed by atoms with Crippen LogP contribution in [0.15, 0.2) is 12.1 Å². The van der Waals surface area contributed by atoms with Crippen molar-refractivity contribution in [1.82, 2.24) is 0 Å². The Balaban J connectivity index is 2.42. The van der Waals surface area contributed by atoms with Gasteiger partial charge in [0.2, 0.25) is 0 Å². The summed E-state index contributed by atoms with van der Waals surface area (Å²) < 4.78 is 84.5. The first-order valence-electron chi connectivity index (χ1n) is 6.61. The Bertz CT molecular complexity index is 834. The summed E-state index contributed by atoms with van der Waals surface area (Å²) in [4.78, 5) is 23.7. The zero-order valence-corrected chi connectivity index (χ0v) is 12.6. The van der Waals surface area contributed by atoms with E-state index < -0.39 is 69.1 Å². The molecule has 0 amide bonds. The predicted molar refractivity (Wildman–Crippen MR) is 71.9 cm³/mol. The second-order valence-electron chi connectivity index (χ2n) is 4.99. The quantitative estimate of drug-likeness (QED) is 0.349. The van der Waals surface area contributed by atoms with Gasteiger partial charge in [0.15, 0.2) is 23.3 Å². The maximum atomic E-state index is 13.7. The molecule has 0 heterocycles. The number of rotatable bonds is 2. The van der Waals surface area contributed by atoms with E-state index >= 15 is 0 Å². The summed E-state index contributed by atoms with van der Waals surface area (Å²) in [6.07, 6.45) is 0. The van der Waals surface area contributed by atoms with Crippen molar-refractivity contribution in [3.05, 3.63) is 69.3 Å². The fourth-order valence-electron chi connectivity index (χ4n) is 2.12. The van der Waals surface area contributed by atoms with Gasteiger partial charge in [0, 0.05) is 23.3 Å². The smallest absolute Gasteiger partial charge is 0.349 e. The normalized spacial score (nSPS) is 10.7. The molecule has 0 saturated heterocycles. The molecule has 2 aromatic rings. The highest BCUT2D eigenvalue weighted by atomic mass is 19.2. The van der Waals surface area contributed by atoms with Gasteiger partial charge in [-0.1, -0.05) is 0 Å². The molecular weight excluding hydrogens is 354 g/mol. The Labute approximate surface area is 136 Å². The van der Waals surface area contributed by atoms with Crippen molar-refractivity contribution in [1.29, 1.82) is 0 Å². The van der Waals surface area contributed by atoms with Gasteiger partial charge in [0.1, 0.15) is 22.8 Å². The molecular formula is C16H8F6O3. The third kappa shape index (κ3) is 3.21. The van der Waals surface area contributed by atoms with Crippen LogP contribution in [0.25, 0.3) is 0 Å². The molecule has 0 radical (unpaired) electrons. The van der Waals surface area contributed by atoms with Crippen LogP contribution in [0.3, 0.4) is 0 Å². The summed E-state index contributed by atoms with van der Waals surface area (Å²) in [6.45, 7) is 1.71. The minimum Gasteiger partial charge on any atom is -0.386 e. The highest BCUT2D eigenvalue weighted by molar-refractivity contribution is 6.04. The van der Waals surface area contributed by atoms with Gasteiger partial charge in [-0.25, -0.2) is 35.9 Å². The maximum Gasteiger partial charge on any atom is 0.349 e. The van der Waals surface area contributed by atoms with Gasteiger partial charge in [0.05, 0.1) is 0 Å². The molecule has 132 valence electrons. The van der Waals surface area contributed by atoms with Crippen LogP contribution in [-0.2, 0) is 4.74 Å². The zero-order chi connectivity index (χ0) is 19.0. The third-order valence-corrected chi connectivity index (χ3v) is 3.41. The SMILES string of the molecule is Cc1c(F)c(F)cc(F)c1C(=O)OC(=O)c1c(F)cc(F)c(F)c1C. The second kappa shape index (κ2) is 6.58. The Morgan fingerprint density at radius 1 is 0.680 bits per heavy atom. The highest BCUT2D eigenvalue weighted by Gasteiger charge is 2.28. The van der Waals surface area contributed by atoms with E-state index in [9.17, 15) is 35.9 Å². The van der Waals surface area contributed by atoms with Crippen LogP contribution in [0.1, 0.15) is 31.8 Å². The summed E-state index contributed by atoms with van der Waals surface area (Å²) in [5.41, 5.74) is -3.74. The van der Waals surface area contributed by atoms with Crippen LogP contribution in [0.4, 0.5) is 26.3 Å². The van der Waals surface area contributed by atoms with Gasteiger partial charge in [-0.2, -0.15) is 0 Å². The Hall–Kier alpha value is -2.84. The summed E-state index contributed by atoms with van der Waals surface area (Å²) >= 11 is 0. The van der Waals surface area contributed by atoms with Gasteiger partial charge in [-0.15, -0.1) is 0 Å². The number of hydrogen-bond donors (Lipinski definition) is 0. The van der Waals surface area contributed by atoms with Crippen LogP contribution in [0, 0.1) is 48.8 Å². The number of carbonyl (C=O) groups excluding carboxylic acids is 2. The molecule has 2 aromatic carbocycles. The van der Waals surface area contributed by atoms with Crippen LogP contribution in [0.2, 0.25) is 0 Å². The fourth-order valence-corrected chi connectivity index (χ4v) is 2.12. The predicted octanol–water partition coefficient (Wildman–Crippen LogP) is 4.14. The van der Waals surface area contributed by atoms with E-state index in [-0.39, 0.29) is 12.1 Å². The molecule has 0 aliphatic carbocycles. The molecule has 3 nitrogen and oxygen atoms in total. The highest BCUT2D eigenvalue weighted by Crippen LogP contribution is 2.23. The Morgan fingerprint density at radius 2 is 1.00 bits per heavy atom. The molecule has 0 fully saturated rings. The third-order valence-electron chi connectivity index (χ3n) is 3.41. The zero-order valence-electron chi connectivity index (χ0n) is 12.6. The average molecular weight is 362 g/mol. The molecule has 0 bridgehead atoms. The first-order valence-corrected chi connectivity index (χ1v) is 6.61. The number of halogens is 6. The van der Waals surface area contributed by atoms with Crippen LogP contribution >= 0.6 is 0 Å². The van der Waals surface area contributed by atoms with E-state index in [2.05, 4.69) is 4.74 Å². The fraction of sp³-hybridized carbons (Fsp3) is 0.125. The van der Waals surface area contributed by atoms with Crippen LogP contribution in [-0.4, -0.2) is 11.9 Å². The molecule has 0 aliphatic rings. The lowest BCUT2D eigenvalue weighted by atomic mass is 10.1. The standard InChI is InChI=1S/C16H8F6O3/c1-5-11(7(17)3-9(19)13(5)21)15(23)25-16(24)12-6(2)14(22)10(20)4-8(12)18/h3-4H,1-2H3. The number of hydrogen-bond acceptors (Lipinski definition) is 3. The van der Waals surface area contributed by atoms with Crippen molar-refractivity contribution in [2.75, 3.05) is 0 Å². The van der Waals surface area contributed by atoms with E-state index in [1.807, 2.05) is 0 Å². The molecule has 9 heteroatoms. The Kier molecular flexibility index (Phi) is 4.87. The minimum atomic E-state index is -1.75. The monoisotopic (exact) mass is 362 g/mol. The molecule has 0 saturated carbocycles. The molecule has 25 heavy (non-hydrogen) atoms. The van der Waals surface area contributed by atoms with Crippen molar-refractivity contribution < 1.29 is 40.7 Å². The second-order valence-corrected chi connectivity index (χ2v) is 4.99. The summed E-state index contributed by atoms with van der Waals surface area (Å²) in [7, 11) is 0. The topological polar surface area (TPSA) is 43.4 Å². The molecule has 0 N–H and O–H groups in total. The van der Waals surface area contributed by atoms with Crippen molar-refractivity contribution in [2.45, 2.75) is 13.8 Å². The number of benzene rings is 2. The van der Waals surface area contributed by atoms with Gasteiger partial charge in [-0.3, -0.25) is 0 Å². The average Bonchev–Trinajstić information content (AvgIpc) is 2.50. The van der Waals surface area contributed by atoms with E-state index in [4.69, 9.17) is 0 Å². The van der Waals surface area contributed by atoms with Gasteiger partial charge in [0.25, 0.3) is 0 Å².